The fourth-order valence-electron chi connectivity index (χ4n) is 1.79. The number of fused-ring (bicyclic) bond motifs is 1. The molecular formula is C11H12ClN3. The van der Waals surface area contributed by atoms with E-state index in [1.165, 1.54) is 12.8 Å². The van der Waals surface area contributed by atoms with Gasteiger partial charge in [0, 0.05) is 29.8 Å². The molecule has 1 atom stereocenters. The van der Waals surface area contributed by atoms with Crippen molar-refractivity contribution in [2.45, 2.75) is 24.6 Å². The summed E-state index contributed by atoms with van der Waals surface area (Å²) in [5, 5.41) is 4.36. The Labute approximate surface area is 93.1 Å². The zero-order valence-corrected chi connectivity index (χ0v) is 9.06. The summed E-state index contributed by atoms with van der Waals surface area (Å²) in [6.45, 7) is 0. The molecule has 4 heteroatoms. The van der Waals surface area contributed by atoms with Crippen molar-refractivity contribution in [1.29, 1.82) is 0 Å². The molecule has 0 aliphatic heterocycles. The van der Waals surface area contributed by atoms with Crippen LogP contribution in [0.15, 0.2) is 24.5 Å². The van der Waals surface area contributed by atoms with Crippen molar-refractivity contribution in [3.63, 3.8) is 0 Å². The molecule has 0 aromatic carbocycles. The Hall–Kier alpha value is -1.09. The maximum absolute atomic E-state index is 6.28. The fraction of sp³-hybridized carbons (Fsp3) is 0.455. The summed E-state index contributed by atoms with van der Waals surface area (Å²) in [5.74, 6) is 0.717. The quantitative estimate of drug-likeness (QED) is 0.745. The average molecular weight is 222 g/mol. The third-order valence-electron chi connectivity index (χ3n) is 2.85. The van der Waals surface area contributed by atoms with Gasteiger partial charge in [-0.05, 0) is 24.8 Å². The Morgan fingerprint density at radius 1 is 1.47 bits per heavy atom. The molecule has 1 aliphatic carbocycles. The third-order valence-corrected chi connectivity index (χ3v) is 3.36. The number of nitrogens with zero attached hydrogens (tertiary/aromatic N) is 3. The second-order valence-corrected chi connectivity index (χ2v) is 4.67. The number of aromatic nitrogens is 3. The molecule has 0 saturated heterocycles. The minimum absolute atomic E-state index is 0.253. The first kappa shape index (κ1) is 9.16. The van der Waals surface area contributed by atoms with Gasteiger partial charge >= 0.3 is 0 Å². The van der Waals surface area contributed by atoms with Crippen LogP contribution in [-0.2, 0) is 6.42 Å². The summed E-state index contributed by atoms with van der Waals surface area (Å²) in [6, 6.07) is 3.90. The van der Waals surface area contributed by atoms with Crippen LogP contribution < -0.4 is 0 Å². The molecule has 1 unspecified atom stereocenters. The van der Waals surface area contributed by atoms with Gasteiger partial charge in [0.1, 0.15) is 0 Å². The van der Waals surface area contributed by atoms with Gasteiger partial charge < -0.3 is 0 Å². The lowest BCUT2D eigenvalue weighted by molar-refractivity contribution is 0.722. The summed E-state index contributed by atoms with van der Waals surface area (Å²) >= 11 is 6.28. The van der Waals surface area contributed by atoms with Crippen molar-refractivity contribution in [3.8, 4) is 0 Å². The largest absolute Gasteiger partial charge is 0.234 e. The van der Waals surface area contributed by atoms with Crippen LogP contribution >= 0.6 is 11.6 Å². The van der Waals surface area contributed by atoms with Gasteiger partial charge in [-0.2, -0.15) is 5.10 Å². The van der Waals surface area contributed by atoms with Crippen LogP contribution in [0.25, 0.3) is 5.65 Å². The van der Waals surface area contributed by atoms with E-state index in [0.29, 0.717) is 0 Å². The van der Waals surface area contributed by atoms with E-state index in [4.69, 9.17) is 11.6 Å². The van der Waals surface area contributed by atoms with Gasteiger partial charge in [-0.15, -0.1) is 11.6 Å². The van der Waals surface area contributed by atoms with Gasteiger partial charge in [-0.3, -0.25) is 0 Å². The Balaban J connectivity index is 1.83. The first-order valence-corrected chi connectivity index (χ1v) is 5.70. The number of rotatable bonds is 3. The highest BCUT2D eigenvalue weighted by Gasteiger charge is 2.29. The second kappa shape index (κ2) is 3.49. The van der Waals surface area contributed by atoms with Crippen molar-refractivity contribution in [3.05, 3.63) is 30.2 Å². The van der Waals surface area contributed by atoms with E-state index < -0.39 is 0 Å². The molecule has 15 heavy (non-hydrogen) atoms. The van der Waals surface area contributed by atoms with Crippen LogP contribution in [0.4, 0.5) is 0 Å². The van der Waals surface area contributed by atoms with Crippen molar-refractivity contribution in [2.75, 3.05) is 0 Å². The van der Waals surface area contributed by atoms with Gasteiger partial charge in [0.05, 0.1) is 6.20 Å². The molecule has 0 bridgehead atoms. The molecule has 2 aromatic rings. The van der Waals surface area contributed by atoms with E-state index >= 15 is 0 Å². The number of halogens is 1. The lowest BCUT2D eigenvalue weighted by Crippen LogP contribution is -2.07. The molecule has 1 fully saturated rings. The van der Waals surface area contributed by atoms with Crippen LogP contribution in [0, 0.1) is 5.92 Å². The number of hydrogen-bond acceptors (Lipinski definition) is 2. The summed E-state index contributed by atoms with van der Waals surface area (Å²) in [4.78, 5) is 4.50. The fourth-order valence-corrected chi connectivity index (χ4v) is 2.20. The van der Waals surface area contributed by atoms with E-state index in [9.17, 15) is 0 Å². The maximum Gasteiger partial charge on any atom is 0.155 e. The molecule has 1 aliphatic rings. The second-order valence-electron chi connectivity index (χ2n) is 4.11. The number of hydrogen-bond donors (Lipinski definition) is 0. The Bertz CT molecular complexity index is 475. The standard InChI is InChI=1S/C11H12ClN3/c12-10(8-1-2-8)7-9-4-6-15-11(14-9)3-5-13-15/h3-6,8,10H,1-2,7H2. The van der Waals surface area contributed by atoms with Crippen LogP contribution in [0.1, 0.15) is 18.5 Å². The van der Waals surface area contributed by atoms with Crippen molar-refractivity contribution in [2.24, 2.45) is 5.92 Å². The summed E-state index contributed by atoms with van der Waals surface area (Å²) in [5.41, 5.74) is 1.96. The highest BCUT2D eigenvalue weighted by molar-refractivity contribution is 6.21. The summed E-state index contributed by atoms with van der Waals surface area (Å²) in [7, 11) is 0. The van der Waals surface area contributed by atoms with Gasteiger partial charge in [0.25, 0.3) is 0 Å². The predicted octanol–water partition coefficient (Wildman–Crippen LogP) is 2.29. The lowest BCUT2D eigenvalue weighted by atomic mass is 10.1. The van der Waals surface area contributed by atoms with Crippen LogP contribution in [0.2, 0.25) is 0 Å². The average Bonchev–Trinajstić information content (AvgIpc) is 2.98. The molecular weight excluding hydrogens is 210 g/mol. The third kappa shape index (κ3) is 1.84. The zero-order valence-electron chi connectivity index (χ0n) is 8.31. The highest BCUT2D eigenvalue weighted by Crippen LogP contribution is 2.36. The molecule has 3 nitrogen and oxygen atoms in total. The highest BCUT2D eigenvalue weighted by atomic mass is 35.5. The van der Waals surface area contributed by atoms with Gasteiger partial charge in [-0.25, -0.2) is 9.50 Å². The van der Waals surface area contributed by atoms with Crippen molar-refractivity contribution < 1.29 is 0 Å². The van der Waals surface area contributed by atoms with Crippen molar-refractivity contribution >= 4 is 17.2 Å². The Morgan fingerprint density at radius 2 is 2.33 bits per heavy atom. The van der Waals surface area contributed by atoms with Gasteiger partial charge in [0.15, 0.2) is 5.65 Å². The van der Waals surface area contributed by atoms with E-state index in [-0.39, 0.29) is 5.38 Å². The molecule has 0 spiro atoms. The summed E-state index contributed by atoms with van der Waals surface area (Å²) < 4.78 is 1.77. The van der Waals surface area contributed by atoms with Crippen LogP contribution in [-0.4, -0.2) is 20.0 Å². The molecule has 3 rings (SSSR count). The molecule has 1 saturated carbocycles. The topological polar surface area (TPSA) is 30.2 Å². The Kier molecular flexibility index (Phi) is 2.13. The minimum atomic E-state index is 0.253. The van der Waals surface area contributed by atoms with E-state index in [0.717, 1.165) is 23.7 Å². The monoisotopic (exact) mass is 221 g/mol. The van der Waals surface area contributed by atoms with E-state index in [1.54, 1.807) is 10.7 Å². The maximum atomic E-state index is 6.28. The van der Waals surface area contributed by atoms with E-state index in [1.807, 2.05) is 18.3 Å². The SMILES string of the molecule is ClC(Cc1ccn2nccc2n1)C1CC1. The predicted molar refractivity (Wildman–Crippen MR) is 59.1 cm³/mol. The lowest BCUT2D eigenvalue weighted by Gasteiger charge is -2.06. The molecule has 2 aromatic heterocycles. The molecule has 2 heterocycles. The van der Waals surface area contributed by atoms with Crippen LogP contribution in [0.3, 0.4) is 0 Å². The normalized spacial score (nSPS) is 18.2. The first-order valence-electron chi connectivity index (χ1n) is 5.26. The minimum Gasteiger partial charge on any atom is -0.234 e. The molecule has 0 N–H and O–H groups in total. The van der Waals surface area contributed by atoms with Gasteiger partial charge in [-0.1, -0.05) is 0 Å². The Morgan fingerprint density at radius 3 is 3.13 bits per heavy atom. The van der Waals surface area contributed by atoms with Gasteiger partial charge in [0.2, 0.25) is 0 Å². The van der Waals surface area contributed by atoms with Crippen molar-refractivity contribution in [1.82, 2.24) is 14.6 Å². The van der Waals surface area contributed by atoms with E-state index in [2.05, 4.69) is 10.1 Å². The molecule has 0 radical (unpaired) electrons. The number of alkyl halides is 1. The molecule has 0 amide bonds. The smallest absolute Gasteiger partial charge is 0.155 e. The molecule has 78 valence electrons. The summed E-state index contributed by atoms with van der Waals surface area (Å²) in [6.07, 6.45) is 7.12. The first-order chi connectivity index (χ1) is 7.33. The van der Waals surface area contributed by atoms with Crippen LogP contribution in [0.5, 0.6) is 0 Å². The zero-order chi connectivity index (χ0) is 10.3.